The van der Waals surface area contributed by atoms with Crippen LogP contribution in [0.3, 0.4) is 0 Å². The van der Waals surface area contributed by atoms with Crippen LogP contribution in [0.1, 0.15) is 27.0 Å². The number of nitrogens with one attached hydrogen (secondary N) is 2. The first-order valence-corrected chi connectivity index (χ1v) is 9.27. The Bertz CT molecular complexity index is 970. The van der Waals surface area contributed by atoms with Crippen molar-refractivity contribution in [3.05, 3.63) is 83.0 Å². The van der Waals surface area contributed by atoms with Crippen molar-refractivity contribution in [3.8, 4) is 5.75 Å². The van der Waals surface area contributed by atoms with E-state index >= 15 is 0 Å². The lowest BCUT2D eigenvalue weighted by Crippen LogP contribution is -2.13. The zero-order valence-corrected chi connectivity index (χ0v) is 16.5. The van der Waals surface area contributed by atoms with Crippen molar-refractivity contribution in [2.45, 2.75) is 20.3 Å². The number of carbonyl (C=O) groups is 1. The van der Waals surface area contributed by atoms with Crippen LogP contribution in [-0.4, -0.2) is 24.5 Å². The van der Waals surface area contributed by atoms with Crippen LogP contribution < -0.4 is 15.4 Å². The van der Waals surface area contributed by atoms with E-state index in [1.165, 1.54) is 5.56 Å². The minimum atomic E-state index is -0.154. The summed E-state index contributed by atoms with van der Waals surface area (Å²) in [7, 11) is 1.67. The fourth-order valence-corrected chi connectivity index (χ4v) is 2.93. The molecule has 1 amide bonds. The molecule has 144 valence electrons. The van der Waals surface area contributed by atoms with Crippen LogP contribution >= 0.6 is 0 Å². The van der Waals surface area contributed by atoms with Crippen LogP contribution in [0, 0.1) is 13.8 Å². The summed E-state index contributed by atoms with van der Waals surface area (Å²) in [4.78, 5) is 16.9. The number of para-hydroxylation sites is 1. The summed E-state index contributed by atoms with van der Waals surface area (Å²) in [6.45, 7) is 4.77. The summed E-state index contributed by atoms with van der Waals surface area (Å²) in [6, 6.07) is 17.3. The first-order chi connectivity index (χ1) is 13.6. The second-order valence-corrected chi connectivity index (χ2v) is 6.67. The van der Waals surface area contributed by atoms with E-state index in [-0.39, 0.29) is 5.91 Å². The molecule has 0 bridgehead atoms. The monoisotopic (exact) mass is 375 g/mol. The molecule has 2 aromatic carbocycles. The SMILES string of the molecule is COc1ccccc1CCNc1cc(C(=O)Nc2ccc(C)c(C)c2)ccn1. The molecular formula is C23H25N3O2. The van der Waals surface area contributed by atoms with E-state index in [0.29, 0.717) is 17.9 Å². The Kier molecular flexibility index (Phi) is 6.27. The maximum atomic E-state index is 12.6. The molecule has 5 nitrogen and oxygen atoms in total. The molecule has 0 unspecified atom stereocenters. The summed E-state index contributed by atoms with van der Waals surface area (Å²) in [5, 5.41) is 6.21. The highest BCUT2D eigenvalue weighted by molar-refractivity contribution is 6.04. The van der Waals surface area contributed by atoms with E-state index in [0.717, 1.165) is 29.0 Å². The number of aryl methyl sites for hydroxylation is 2. The van der Waals surface area contributed by atoms with Gasteiger partial charge in [-0.3, -0.25) is 4.79 Å². The van der Waals surface area contributed by atoms with Crippen LogP contribution in [0.2, 0.25) is 0 Å². The molecule has 0 aliphatic rings. The van der Waals surface area contributed by atoms with Crippen molar-refractivity contribution in [2.75, 3.05) is 24.3 Å². The summed E-state index contributed by atoms with van der Waals surface area (Å²) in [6.07, 6.45) is 2.44. The number of hydrogen-bond acceptors (Lipinski definition) is 4. The maximum absolute atomic E-state index is 12.6. The second kappa shape index (κ2) is 9.04. The Labute approximate surface area is 165 Å². The van der Waals surface area contributed by atoms with E-state index in [2.05, 4.69) is 15.6 Å². The largest absolute Gasteiger partial charge is 0.496 e. The summed E-state index contributed by atoms with van der Waals surface area (Å²) < 4.78 is 5.37. The Morgan fingerprint density at radius 3 is 2.64 bits per heavy atom. The van der Waals surface area contributed by atoms with E-state index < -0.39 is 0 Å². The van der Waals surface area contributed by atoms with Crippen LogP contribution in [0.4, 0.5) is 11.5 Å². The van der Waals surface area contributed by atoms with Crippen molar-refractivity contribution >= 4 is 17.4 Å². The minimum Gasteiger partial charge on any atom is -0.496 e. The Morgan fingerprint density at radius 2 is 1.86 bits per heavy atom. The molecule has 1 heterocycles. The van der Waals surface area contributed by atoms with Crippen molar-refractivity contribution in [1.82, 2.24) is 4.98 Å². The highest BCUT2D eigenvalue weighted by atomic mass is 16.5. The number of rotatable bonds is 7. The number of hydrogen-bond donors (Lipinski definition) is 2. The molecule has 0 radical (unpaired) electrons. The van der Waals surface area contributed by atoms with E-state index in [9.17, 15) is 4.79 Å². The number of anilines is 2. The van der Waals surface area contributed by atoms with Crippen molar-refractivity contribution in [2.24, 2.45) is 0 Å². The third-order valence-corrected chi connectivity index (χ3v) is 4.68. The standard InChI is InChI=1S/C23H25N3O2/c1-16-8-9-20(14-17(16)2)26-23(27)19-11-13-25-22(15-19)24-12-10-18-6-4-5-7-21(18)28-3/h4-9,11,13-15H,10,12H2,1-3H3,(H,24,25)(H,26,27). The fraction of sp³-hybridized carbons (Fsp3) is 0.217. The van der Waals surface area contributed by atoms with Crippen molar-refractivity contribution in [3.63, 3.8) is 0 Å². The normalized spacial score (nSPS) is 10.4. The molecule has 28 heavy (non-hydrogen) atoms. The molecule has 0 saturated carbocycles. The van der Waals surface area contributed by atoms with Crippen LogP contribution in [0.15, 0.2) is 60.8 Å². The van der Waals surface area contributed by atoms with Gasteiger partial charge in [-0.2, -0.15) is 0 Å². The molecule has 0 aliphatic carbocycles. The highest BCUT2D eigenvalue weighted by Crippen LogP contribution is 2.18. The van der Waals surface area contributed by atoms with Crippen molar-refractivity contribution < 1.29 is 9.53 Å². The van der Waals surface area contributed by atoms with Gasteiger partial charge < -0.3 is 15.4 Å². The average molecular weight is 375 g/mol. The molecule has 0 saturated heterocycles. The number of carbonyl (C=O) groups excluding carboxylic acids is 1. The molecule has 0 aliphatic heterocycles. The predicted octanol–water partition coefficient (Wildman–Crippen LogP) is 4.61. The minimum absolute atomic E-state index is 0.154. The van der Waals surface area contributed by atoms with Gasteiger partial charge in [0.05, 0.1) is 7.11 Å². The highest BCUT2D eigenvalue weighted by Gasteiger charge is 2.08. The summed E-state index contributed by atoms with van der Waals surface area (Å²) in [5.41, 5.74) is 4.82. The topological polar surface area (TPSA) is 63.2 Å². The van der Waals surface area contributed by atoms with Gasteiger partial charge in [0.2, 0.25) is 0 Å². The van der Waals surface area contributed by atoms with Gasteiger partial charge in [-0.15, -0.1) is 0 Å². The number of nitrogens with zero attached hydrogens (tertiary/aromatic N) is 1. The average Bonchev–Trinajstić information content (AvgIpc) is 2.71. The number of aromatic nitrogens is 1. The van der Waals surface area contributed by atoms with Gasteiger partial charge in [0.1, 0.15) is 11.6 Å². The first kappa shape index (κ1) is 19.4. The molecule has 2 N–H and O–H groups in total. The lowest BCUT2D eigenvalue weighted by Gasteiger charge is -2.11. The van der Waals surface area contributed by atoms with Gasteiger partial charge in [0.15, 0.2) is 0 Å². The quantitative estimate of drug-likeness (QED) is 0.633. The van der Waals surface area contributed by atoms with Crippen LogP contribution in [0.5, 0.6) is 5.75 Å². The maximum Gasteiger partial charge on any atom is 0.255 e. The molecular weight excluding hydrogens is 350 g/mol. The number of amides is 1. The summed E-state index contributed by atoms with van der Waals surface area (Å²) >= 11 is 0. The number of ether oxygens (including phenoxy) is 1. The van der Waals surface area contributed by atoms with Gasteiger partial charge in [0, 0.05) is 24.0 Å². The Hall–Kier alpha value is -3.34. The van der Waals surface area contributed by atoms with Gasteiger partial charge in [0.25, 0.3) is 5.91 Å². The predicted molar refractivity (Wildman–Crippen MR) is 113 cm³/mol. The third kappa shape index (κ3) is 4.88. The molecule has 1 aromatic heterocycles. The van der Waals surface area contributed by atoms with E-state index in [1.54, 1.807) is 25.4 Å². The smallest absolute Gasteiger partial charge is 0.255 e. The lowest BCUT2D eigenvalue weighted by atomic mass is 10.1. The van der Waals surface area contributed by atoms with Crippen LogP contribution in [-0.2, 0) is 6.42 Å². The summed E-state index contributed by atoms with van der Waals surface area (Å²) in [5.74, 6) is 1.39. The molecule has 3 rings (SSSR count). The molecule has 0 fully saturated rings. The van der Waals surface area contributed by atoms with Gasteiger partial charge in [-0.1, -0.05) is 24.3 Å². The Balaban J connectivity index is 1.61. The van der Waals surface area contributed by atoms with Gasteiger partial charge >= 0.3 is 0 Å². The number of benzene rings is 2. The second-order valence-electron chi connectivity index (χ2n) is 6.67. The molecule has 0 spiro atoms. The molecule has 3 aromatic rings. The van der Waals surface area contributed by atoms with Crippen LogP contribution in [0.25, 0.3) is 0 Å². The molecule has 5 heteroatoms. The fourth-order valence-electron chi connectivity index (χ4n) is 2.93. The third-order valence-electron chi connectivity index (χ3n) is 4.68. The van der Waals surface area contributed by atoms with Gasteiger partial charge in [-0.05, 0) is 67.3 Å². The first-order valence-electron chi connectivity index (χ1n) is 9.27. The van der Waals surface area contributed by atoms with E-state index in [1.807, 2.05) is 56.3 Å². The number of methoxy groups -OCH3 is 1. The van der Waals surface area contributed by atoms with Crippen molar-refractivity contribution in [1.29, 1.82) is 0 Å². The number of pyridine rings is 1. The zero-order chi connectivity index (χ0) is 19.9. The zero-order valence-electron chi connectivity index (χ0n) is 16.5. The van der Waals surface area contributed by atoms with Gasteiger partial charge in [-0.25, -0.2) is 4.98 Å². The van der Waals surface area contributed by atoms with E-state index in [4.69, 9.17) is 4.74 Å². The Morgan fingerprint density at radius 1 is 1.04 bits per heavy atom. The lowest BCUT2D eigenvalue weighted by molar-refractivity contribution is 0.102. The molecule has 0 atom stereocenters.